The number of carbonyl (C=O) groups excluding carboxylic acids is 2. The SMILES string of the molecule is O=C1OC=C(c2ccccc2)C1=O. The van der Waals surface area contributed by atoms with Crippen LogP contribution in [-0.4, -0.2) is 11.8 Å². The Kier molecular flexibility index (Phi) is 1.70. The standard InChI is InChI=1S/C10H6O3/c11-9-8(6-13-10(9)12)7-4-2-1-3-5-7/h1-6H. The normalized spacial score (nSPS) is 15.5. The van der Waals surface area contributed by atoms with Gasteiger partial charge in [-0.2, -0.15) is 0 Å². The van der Waals surface area contributed by atoms with E-state index in [0.717, 1.165) is 0 Å². The summed E-state index contributed by atoms with van der Waals surface area (Å²) in [5.74, 6) is -1.38. The Labute approximate surface area is 74.6 Å². The lowest BCUT2D eigenvalue weighted by molar-refractivity contribution is -0.145. The van der Waals surface area contributed by atoms with Crippen molar-refractivity contribution in [2.75, 3.05) is 0 Å². The molecule has 64 valence electrons. The molecule has 0 saturated heterocycles. The van der Waals surface area contributed by atoms with Crippen LogP contribution in [-0.2, 0) is 14.3 Å². The summed E-state index contributed by atoms with van der Waals surface area (Å²) >= 11 is 0. The zero-order chi connectivity index (χ0) is 9.26. The minimum Gasteiger partial charge on any atom is -0.428 e. The number of ether oxygens (including phenoxy) is 1. The molecule has 0 aromatic heterocycles. The summed E-state index contributed by atoms with van der Waals surface area (Å²) in [5, 5.41) is 0. The molecule has 1 heterocycles. The maximum absolute atomic E-state index is 11.2. The molecule has 1 aromatic rings. The van der Waals surface area contributed by atoms with Crippen LogP contribution in [0.5, 0.6) is 0 Å². The maximum Gasteiger partial charge on any atom is 0.384 e. The van der Waals surface area contributed by atoms with Crippen molar-refractivity contribution in [3.05, 3.63) is 42.2 Å². The summed E-state index contributed by atoms with van der Waals surface area (Å²) in [6, 6.07) is 8.95. The highest BCUT2D eigenvalue weighted by molar-refractivity contribution is 6.53. The van der Waals surface area contributed by atoms with Crippen molar-refractivity contribution in [3.63, 3.8) is 0 Å². The maximum atomic E-state index is 11.2. The fourth-order valence-corrected chi connectivity index (χ4v) is 1.15. The minimum absolute atomic E-state index is 0.325. The van der Waals surface area contributed by atoms with E-state index in [1.165, 1.54) is 6.26 Å². The van der Waals surface area contributed by atoms with Crippen LogP contribution in [0.15, 0.2) is 36.6 Å². The van der Waals surface area contributed by atoms with Gasteiger partial charge in [0.2, 0.25) is 0 Å². The molecule has 3 nitrogen and oxygen atoms in total. The average Bonchev–Trinajstić information content (AvgIpc) is 2.49. The highest BCUT2D eigenvalue weighted by Gasteiger charge is 2.27. The molecule has 0 bridgehead atoms. The Hall–Kier alpha value is -1.90. The zero-order valence-corrected chi connectivity index (χ0v) is 6.69. The monoisotopic (exact) mass is 174 g/mol. The van der Waals surface area contributed by atoms with Gasteiger partial charge < -0.3 is 4.74 Å². The van der Waals surface area contributed by atoms with Crippen LogP contribution in [0.25, 0.3) is 5.57 Å². The van der Waals surface area contributed by atoms with E-state index in [1.807, 2.05) is 6.07 Å². The summed E-state index contributed by atoms with van der Waals surface area (Å²) in [5.41, 5.74) is 1.03. The predicted molar refractivity (Wildman–Crippen MR) is 45.5 cm³/mol. The fraction of sp³-hybridized carbons (Fsp3) is 0. The van der Waals surface area contributed by atoms with Gasteiger partial charge in [-0.15, -0.1) is 0 Å². The molecule has 0 fully saturated rings. The van der Waals surface area contributed by atoms with E-state index in [0.29, 0.717) is 11.1 Å². The van der Waals surface area contributed by atoms with Gasteiger partial charge in [0.15, 0.2) is 0 Å². The number of hydrogen-bond donors (Lipinski definition) is 0. The topological polar surface area (TPSA) is 43.4 Å². The third-order valence-corrected chi connectivity index (χ3v) is 1.80. The van der Waals surface area contributed by atoms with E-state index in [2.05, 4.69) is 4.74 Å². The first kappa shape index (κ1) is 7.73. The van der Waals surface area contributed by atoms with Crippen LogP contribution >= 0.6 is 0 Å². The van der Waals surface area contributed by atoms with Crippen LogP contribution in [0.4, 0.5) is 0 Å². The second kappa shape index (κ2) is 2.86. The van der Waals surface area contributed by atoms with Gasteiger partial charge in [0.25, 0.3) is 5.78 Å². The van der Waals surface area contributed by atoms with Crippen molar-refractivity contribution >= 4 is 17.3 Å². The van der Waals surface area contributed by atoms with Crippen molar-refractivity contribution in [1.29, 1.82) is 0 Å². The molecule has 0 N–H and O–H groups in total. The van der Waals surface area contributed by atoms with Gasteiger partial charge in [0, 0.05) is 0 Å². The third-order valence-electron chi connectivity index (χ3n) is 1.80. The number of esters is 1. The summed E-state index contributed by atoms with van der Waals surface area (Å²) in [6.07, 6.45) is 1.19. The third kappa shape index (κ3) is 1.24. The van der Waals surface area contributed by atoms with Crippen molar-refractivity contribution in [3.8, 4) is 0 Å². The van der Waals surface area contributed by atoms with Crippen LogP contribution in [0.3, 0.4) is 0 Å². The highest BCUT2D eigenvalue weighted by Crippen LogP contribution is 2.20. The zero-order valence-electron chi connectivity index (χ0n) is 6.69. The fourth-order valence-electron chi connectivity index (χ4n) is 1.15. The van der Waals surface area contributed by atoms with Gasteiger partial charge in [-0.1, -0.05) is 30.3 Å². The van der Waals surface area contributed by atoms with Gasteiger partial charge >= 0.3 is 5.97 Å². The Bertz CT molecular complexity index is 390. The van der Waals surface area contributed by atoms with E-state index >= 15 is 0 Å². The van der Waals surface area contributed by atoms with E-state index in [1.54, 1.807) is 24.3 Å². The molecule has 3 heteroatoms. The van der Waals surface area contributed by atoms with Crippen molar-refractivity contribution in [2.24, 2.45) is 0 Å². The van der Waals surface area contributed by atoms with Gasteiger partial charge in [0.1, 0.15) is 6.26 Å². The van der Waals surface area contributed by atoms with E-state index in [4.69, 9.17) is 0 Å². The van der Waals surface area contributed by atoms with E-state index in [9.17, 15) is 9.59 Å². The summed E-state index contributed by atoms with van der Waals surface area (Å²) in [4.78, 5) is 21.9. The Morgan fingerprint density at radius 1 is 1.00 bits per heavy atom. The molecule has 1 aliphatic heterocycles. The molecular weight excluding hydrogens is 168 g/mol. The van der Waals surface area contributed by atoms with Gasteiger partial charge in [-0.3, -0.25) is 4.79 Å². The number of rotatable bonds is 1. The summed E-state index contributed by atoms with van der Waals surface area (Å²) in [7, 11) is 0. The number of hydrogen-bond acceptors (Lipinski definition) is 3. The lowest BCUT2D eigenvalue weighted by Gasteiger charge is -1.95. The van der Waals surface area contributed by atoms with Gasteiger partial charge in [-0.05, 0) is 5.56 Å². The smallest absolute Gasteiger partial charge is 0.384 e. The summed E-state index contributed by atoms with van der Waals surface area (Å²) < 4.78 is 4.48. The number of ketones is 1. The first-order chi connectivity index (χ1) is 6.29. The first-order valence-corrected chi connectivity index (χ1v) is 3.80. The van der Waals surface area contributed by atoms with Crippen LogP contribution in [0.1, 0.15) is 5.56 Å². The Balaban J connectivity index is 2.39. The highest BCUT2D eigenvalue weighted by atomic mass is 16.5. The lowest BCUT2D eigenvalue weighted by Crippen LogP contribution is -2.08. The van der Waals surface area contributed by atoms with E-state index < -0.39 is 11.8 Å². The van der Waals surface area contributed by atoms with Crippen LogP contribution < -0.4 is 0 Å². The lowest BCUT2D eigenvalue weighted by atomic mass is 10.1. The number of benzene rings is 1. The van der Waals surface area contributed by atoms with Crippen molar-refractivity contribution in [2.45, 2.75) is 0 Å². The van der Waals surface area contributed by atoms with Gasteiger partial charge in [-0.25, -0.2) is 4.79 Å². The summed E-state index contributed by atoms with van der Waals surface area (Å²) in [6.45, 7) is 0. The van der Waals surface area contributed by atoms with Crippen LogP contribution in [0.2, 0.25) is 0 Å². The molecule has 1 aliphatic rings. The molecule has 2 rings (SSSR count). The molecule has 0 saturated carbocycles. The molecule has 0 atom stereocenters. The largest absolute Gasteiger partial charge is 0.428 e. The predicted octanol–water partition coefficient (Wildman–Crippen LogP) is 1.15. The van der Waals surface area contributed by atoms with Crippen LogP contribution in [0, 0.1) is 0 Å². The first-order valence-electron chi connectivity index (χ1n) is 3.80. The Morgan fingerprint density at radius 2 is 1.69 bits per heavy atom. The number of carbonyl (C=O) groups is 2. The molecular formula is C10H6O3. The number of cyclic esters (lactones) is 1. The molecule has 13 heavy (non-hydrogen) atoms. The van der Waals surface area contributed by atoms with Crippen molar-refractivity contribution in [1.82, 2.24) is 0 Å². The second-order valence-electron chi connectivity index (χ2n) is 2.63. The molecule has 0 aliphatic carbocycles. The molecule has 0 unspecified atom stereocenters. The Morgan fingerprint density at radius 3 is 2.23 bits per heavy atom. The molecule has 0 spiro atoms. The molecule has 1 aromatic carbocycles. The minimum atomic E-state index is -0.807. The van der Waals surface area contributed by atoms with Gasteiger partial charge in [0.05, 0.1) is 5.57 Å². The van der Waals surface area contributed by atoms with E-state index in [-0.39, 0.29) is 0 Å². The average molecular weight is 174 g/mol. The quantitative estimate of drug-likeness (QED) is 0.474. The van der Waals surface area contributed by atoms with Crippen molar-refractivity contribution < 1.29 is 14.3 Å². The molecule has 0 radical (unpaired) electrons. The number of Topliss-reactive ketones (excluding diaryl/α,β-unsaturated/α-hetero) is 1. The molecule has 0 amide bonds. The second-order valence-corrected chi connectivity index (χ2v) is 2.63.